The quantitative estimate of drug-likeness (QED) is 0.662. The molecule has 1 saturated carbocycles. The van der Waals surface area contributed by atoms with E-state index in [1.807, 2.05) is 0 Å². The molecule has 1 N–H and O–H groups in total. The van der Waals surface area contributed by atoms with Gasteiger partial charge in [0.15, 0.2) is 0 Å². The highest BCUT2D eigenvalue weighted by molar-refractivity contribution is 5.77. The van der Waals surface area contributed by atoms with Gasteiger partial charge in [-0.1, -0.05) is 0 Å². The van der Waals surface area contributed by atoms with Crippen LogP contribution in [0.15, 0.2) is 0 Å². The number of aliphatic hydroxyl groups excluding tert-OH is 1. The summed E-state index contributed by atoms with van der Waals surface area (Å²) in [5.74, 6) is -0.408. The minimum Gasteiger partial charge on any atom is -0.466 e. The maximum absolute atomic E-state index is 13.0. The maximum Gasteiger partial charge on any atom is 0.311 e. The monoisotopic (exact) mass is 190 g/mol. The van der Waals surface area contributed by atoms with E-state index in [4.69, 9.17) is 9.84 Å². The molecule has 0 aromatic rings. The Morgan fingerprint density at radius 3 is 2.69 bits per heavy atom. The molecule has 76 valence electrons. The summed E-state index contributed by atoms with van der Waals surface area (Å²) in [5.41, 5.74) is -0.838. The van der Waals surface area contributed by atoms with Crippen LogP contribution < -0.4 is 0 Å². The first-order chi connectivity index (χ1) is 5.99. The Kier molecular flexibility index (Phi) is 2.91. The Morgan fingerprint density at radius 2 is 2.31 bits per heavy atom. The topological polar surface area (TPSA) is 46.5 Å². The van der Waals surface area contributed by atoms with Gasteiger partial charge in [-0.25, -0.2) is 4.39 Å². The maximum atomic E-state index is 13.0. The standard InChI is InChI=1S/C9H15FO3/c1-3-13-8(12)9(2)4-6(10)7(11)5-9/h6-7,11H,3-5H2,1-2H3/t6-,7-,9-/m0/s1. The van der Waals surface area contributed by atoms with Gasteiger partial charge in [-0.15, -0.1) is 0 Å². The molecule has 1 aliphatic carbocycles. The van der Waals surface area contributed by atoms with Crippen molar-refractivity contribution in [1.82, 2.24) is 0 Å². The first-order valence-electron chi connectivity index (χ1n) is 4.49. The predicted octanol–water partition coefficient (Wildman–Crippen LogP) is 1.05. The van der Waals surface area contributed by atoms with Crippen LogP contribution in [0.2, 0.25) is 0 Å². The minimum atomic E-state index is -1.30. The van der Waals surface area contributed by atoms with Gasteiger partial charge in [0.1, 0.15) is 6.17 Å². The molecular weight excluding hydrogens is 175 g/mol. The highest BCUT2D eigenvalue weighted by atomic mass is 19.1. The molecule has 4 heteroatoms. The average molecular weight is 190 g/mol. The fourth-order valence-electron chi connectivity index (χ4n) is 1.71. The summed E-state index contributed by atoms with van der Waals surface area (Å²) in [4.78, 5) is 11.4. The molecule has 0 bridgehead atoms. The Balaban J connectivity index is 2.63. The molecule has 1 fully saturated rings. The summed E-state index contributed by atoms with van der Waals surface area (Å²) in [6, 6.07) is 0. The normalized spacial score (nSPS) is 39.1. The number of hydrogen-bond donors (Lipinski definition) is 1. The number of ether oxygens (including phenoxy) is 1. The largest absolute Gasteiger partial charge is 0.466 e. The van der Waals surface area contributed by atoms with Gasteiger partial charge in [0.2, 0.25) is 0 Å². The van der Waals surface area contributed by atoms with E-state index in [0.717, 1.165) is 0 Å². The number of hydrogen-bond acceptors (Lipinski definition) is 3. The van der Waals surface area contributed by atoms with Gasteiger partial charge >= 0.3 is 5.97 Å². The highest BCUT2D eigenvalue weighted by Gasteiger charge is 2.47. The summed E-state index contributed by atoms with van der Waals surface area (Å²) in [6.45, 7) is 3.63. The van der Waals surface area contributed by atoms with Crippen LogP contribution in [0.5, 0.6) is 0 Å². The summed E-state index contributed by atoms with van der Waals surface area (Å²) in [5, 5.41) is 9.17. The van der Waals surface area contributed by atoms with Gasteiger partial charge in [0, 0.05) is 0 Å². The lowest BCUT2D eigenvalue weighted by Gasteiger charge is -2.20. The SMILES string of the molecule is CCOC(=O)[C@]1(C)C[C@H](O)[C@@H](F)C1. The summed E-state index contributed by atoms with van der Waals surface area (Å²) in [7, 11) is 0. The van der Waals surface area contributed by atoms with E-state index in [0.29, 0.717) is 6.61 Å². The first-order valence-corrected chi connectivity index (χ1v) is 4.49. The summed E-state index contributed by atoms with van der Waals surface area (Å²) >= 11 is 0. The van der Waals surface area contributed by atoms with Crippen molar-refractivity contribution in [1.29, 1.82) is 0 Å². The van der Waals surface area contributed by atoms with Crippen LogP contribution in [-0.2, 0) is 9.53 Å². The molecule has 13 heavy (non-hydrogen) atoms. The molecule has 0 radical (unpaired) electrons. The predicted molar refractivity (Wildman–Crippen MR) is 44.9 cm³/mol. The Morgan fingerprint density at radius 1 is 1.69 bits per heavy atom. The summed E-state index contributed by atoms with van der Waals surface area (Å²) in [6.07, 6.45) is -2.09. The van der Waals surface area contributed by atoms with Crippen molar-refractivity contribution in [2.75, 3.05) is 6.61 Å². The molecule has 0 aromatic heterocycles. The van der Waals surface area contributed by atoms with Crippen LogP contribution in [0, 0.1) is 5.41 Å². The molecule has 0 unspecified atom stereocenters. The number of carbonyl (C=O) groups excluding carboxylic acids is 1. The molecule has 3 nitrogen and oxygen atoms in total. The second-order valence-corrected chi connectivity index (χ2v) is 3.77. The molecule has 1 rings (SSSR count). The van der Waals surface area contributed by atoms with Gasteiger partial charge in [0.05, 0.1) is 18.1 Å². The zero-order valence-electron chi connectivity index (χ0n) is 7.92. The number of aliphatic hydroxyl groups is 1. The third-order valence-corrected chi connectivity index (χ3v) is 2.49. The Labute approximate surface area is 76.9 Å². The van der Waals surface area contributed by atoms with E-state index in [9.17, 15) is 9.18 Å². The van der Waals surface area contributed by atoms with Crippen molar-refractivity contribution >= 4 is 5.97 Å². The molecule has 0 heterocycles. The van der Waals surface area contributed by atoms with Gasteiger partial charge in [-0.05, 0) is 26.7 Å². The molecule has 0 aliphatic heterocycles. The van der Waals surface area contributed by atoms with E-state index in [1.54, 1.807) is 13.8 Å². The first kappa shape index (κ1) is 10.4. The smallest absolute Gasteiger partial charge is 0.311 e. The fraction of sp³-hybridized carbons (Fsp3) is 0.889. The molecule has 1 aliphatic rings. The Hall–Kier alpha value is -0.640. The Bertz CT molecular complexity index is 195. The van der Waals surface area contributed by atoms with Gasteiger partial charge in [-0.3, -0.25) is 4.79 Å². The summed E-state index contributed by atoms with van der Waals surface area (Å²) < 4.78 is 17.8. The van der Waals surface area contributed by atoms with E-state index >= 15 is 0 Å². The van der Waals surface area contributed by atoms with E-state index in [-0.39, 0.29) is 12.8 Å². The molecular formula is C9H15FO3. The van der Waals surface area contributed by atoms with Crippen LogP contribution in [0.3, 0.4) is 0 Å². The van der Waals surface area contributed by atoms with Crippen molar-refractivity contribution in [2.24, 2.45) is 5.41 Å². The van der Waals surface area contributed by atoms with Crippen LogP contribution >= 0.6 is 0 Å². The fourth-order valence-corrected chi connectivity index (χ4v) is 1.71. The lowest BCUT2D eigenvalue weighted by molar-refractivity contribution is -0.154. The molecule has 0 aromatic carbocycles. The van der Waals surface area contributed by atoms with Gasteiger partial charge < -0.3 is 9.84 Å². The average Bonchev–Trinajstić information content (AvgIpc) is 2.28. The van der Waals surface area contributed by atoms with Gasteiger partial charge in [-0.2, -0.15) is 0 Å². The van der Waals surface area contributed by atoms with Gasteiger partial charge in [0.25, 0.3) is 0 Å². The van der Waals surface area contributed by atoms with Crippen molar-refractivity contribution < 1.29 is 19.0 Å². The van der Waals surface area contributed by atoms with Crippen LogP contribution in [0.25, 0.3) is 0 Å². The molecule has 0 spiro atoms. The van der Waals surface area contributed by atoms with Crippen molar-refractivity contribution in [3.05, 3.63) is 0 Å². The number of alkyl halides is 1. The number of esters is 1. The lowest BCUT2D eigenvalue weighted by Crippen LogP contribution is -2.27. The lowest BCUT2D eigenvalue weighted by atomic mass is 9.89. The zero-order chi connectivity index (χ0) is 10.1. The van der Waals surface area contributed by atoms with Crippen LogP contribution in [-0.4, -0.2) is 30.0 Å². The van der Waals surface area contributed by atoms with Crippen LogP contribution in [0.4, 0.5) is 4.39 Å². The minimum absolute atomic E-state index is 0.0625. The number of rotatable bonds is 2. The number of carbonyl (C=O) groups is 1. The van der Waals surface area contributed by atoms with Crippen molar-refractivity contribution in [3.8, 4) is 0 Å². The van der Waals surface area contributed by atoms with Crippen LogP contribution in [0.1, 0.15) is 26.7 Å². The van der Waals surface area contributed by atoms with E-state index < -0.39 is 23.7 Å². The second kappa shape index (κ2) is 3.62. The molecule has 3 atom stereocenters. The zero-order valence-corrected chi connectivity index (χ0v) is 7.92. The van der Waals surface area contributed by atoms with E-state index in [1.165, 1.54) is 0 Å². The van der Waals surface area contributed by atoms with Crippen molar-refractivity contribution in [2.45, 2.75) is 39.0 Å². The third-order valence-electron chi connectivity index (χ3n) is 2.49. The number of halogens is 1. The van der Waals surface area contributed by atoms with Crippen molar-refractivity contribution in [3.63, 3.8) is 0 Å². The second-order valence-electron chi connectivity index (χ2n) is 3.77. The molecule has 0 amide bonds. The van der Waals surface area contributed by atoms with E-state index in [2.05, 4.69) is 0 Å². The highest BCUT2D eigenvalue weighted by Crippen LogP contribution is 2.40. The third kappa shape index (κ3) is 1.99. The molecule has 0 saturated heterocycles.